The zero-order valence-corrected chi connectivity index (χ0v) is 17.7. The second-order valence-corrected chi connectivity index (χ2v) is 7.05. The van der Waals surface area contributed by atoms with Crippen molar-refractivity contribution < 1.29 is 18.7 Å². The Bertz CT molecular complexity index is 1030. The summed E-state index contributed by atoms with van der Waals surface area (Å²) in [6.07, 6.45) is 2.99. The molecule has 2 amide bonds. The molecule has 0 fully saturated rings. The Labute approximate surface area is 186 Å². The minimum absolute atomic E-state index is 0.0809. The number of benzene rings is 2. The molecular formula is C24H24N4O4. The highest BCUT2D eigenvalue weighted by molar-refractivity contribution is 5.85. The number of carbonyl (C=O) groups is 2. The summed E-state index contributed by atoms with van der Waals surface area (Å²) in [6.45, 7) is 0.166. The lowest BCUT2D eigenvalue weighted by molar-refractivity contribution is -0.144. The molecule has 2 aromatic carbocycles. The fraction of sp³-hybridized carbons (Fsp3) is 0.208. The molecule has 1 atom stereocenters. The van der Waals surface area contributed by atoms with E-state index in [1.807, 2.05) is 66.9 Å². The quantitative estimate of drug-likeness (QED) is 0.316. The van der Waals surface area contributed by atoms with Crippen LogP contribution in [0.2, 0.25) is 0 Å². The maximum atomic E-state index is 13.2. The second-order valence-electron chi connectivity index (χ2n) is 7.05. The van der Waals surface area contributed by atoms with Crippen LogP contribution in [0.25, 0.3) is 0 Å². The maximum Gasteiger partial charge on any atom is 0.408 e. The van der Waals surface area contributed by atoms with Crippen LogP contribution in [0.15, 0.2) is 83.5 Å². The molecule has 0 unspecified atom stereocenters. The van der Waals surface area contributed by atoms with Gasteiger partial charge in [0.15, 0.2) is 0 Å². The van der Waals surface area contributed by atoms with E-state index in [2.05, 4.69) is 5.32 Å². The van der Waals surface area contributed by atoms with E-state index in [9.17, 15) is 14.9 Å². The number of hydrogen-bond donors (Lipinski definition) is 1. The van der Waals surface area contributed by atoms with Gasteiger partial charge in [0, 0.05) is 13.5 Å². The summed E-state index contributed by atoms with van der Waals surface area (Å²) in [4.78, 5) is 25.7. The Hall–Kier alpha value is -4.25. The third-order valence-electron chi connectivity index (χ3n) is 4.77. The van der Waals surface area contributed by atoms with Crippen molar-refractivity contribution in [3.05, 3.63) is 95.9 Å². The molecular weight excluding hydrogens is 408 g/mol. The topological polar surface area (TPSA) is 98.8 Å². The molecule has 1 aromatic heterocycles. The van der Waals surface area contributed by atoms with Crippen LogP contribution in [-0.4, -0.2) is 35.1 Å². The third-order valence-corrected chi connectivity index (χ3v) is 4.77. The molecule has 8 nitrogen and oxygen atoms in total. The molecule has 3 rings (SSSR count). The van der Waals surface area contributed by atoms with Gasteiger partial charge in [0.05, 0.1) is 6.26 Å². The van der Waals surface area contributed by atoms with Gasteiger partial charge in [-0.15, -0.1) is 0 Å². The molecule has 0 saturated heterocycles. The number of furan rings is 1. The first kappa shape index (κ1) is 22.4. The van der Waals surface area contributed by atoms with Gasteiger partial charge >= 0.3 is 6.09 Å². The van der Waals surface area contributed by atoms with Crippen LogP contribution in [0.1, 0.15) is 16.9 Å². The van der Waals surface area contributed by atoms with Crippen LogP contribution in [0.4, 0.5) is 4.79 Å². The van der Waals surface area contributed by atoms with Crippen LogP contribution in [0.3, 0.4) is 0 Å². The molecule has 0 radical (unpaired) electrons. The first-order chi connectivity index (χ1) is 15.6. The van der Waals surface area contributed by atoms with Gasteiger partial charge in [-0.25, -0.2) is 14.8 Å². The van der Waals surface area contributed by atoms with Crippen molar-refractivity contribution in [2.75, 3.05) is 7.05 Å². The normalized spacial score (nSPS) is 11.1. The van der Waals surface area contributed by atoms with Crippen molar-refractivity contribution in [3.63, 3.8) is 0 Å². The minimum Gasteiger partial charge on any atom is -0.467 e. The summed E-state index contributed by atoms with van der Waals surface area (Å²) < 4.78 is 10.6. The fourth-order valence-electron chi connectivity index (χ4n) is 3.06. The van der Waals surface area contributed by atoms with Gasteiger partial charge < -0.3 is 14.5 Å². The van der Waals surface area contributed by atoms with E-state index in [0.29, 0.717) is 5.76 Å². The van der Waals surface area contributed by atoms with Crippen molar-refractivity contribution in [3.8, 4) is 6.19 Å². The molecule has 8 heteroatoms. The standard InChI is InChI=1S/C24H24N4O4/c1-27(28(18-25)16-21-13-8-14-31-21)23(29)22(15-19-9-4-2-5-10-19)26-24(30)32-17-20-11-6-3-7-12-20/h2-14,22H,15-17H2,1H3,(H,26,30)/t22-/m0/s1. The summed E-state index contributed by atoms with van der Waals surface area (Å²) in [7, 11) is 1.48. The molecule has 3 aromatic rings. The highest BCUT2D eigenvalue weighted by Gasteiger charge is 2.28. The summed E-state index contributed by atoms with van der Waals surface area (Å²) in [5.74, 6) is 0.0691. The molecule has 0 aliphatic rings. The Balaban J connectivity index is 1.69. The number of ether oxygens (including phenoxy) is 1. The van der Waals surface area contributed by atoms with Crippen LogP contribution in [0, 0.1) is 11.5 Å². The predicted molar refractivity (Wildman–Crippen MR) is 116 cm³/mol. The van der Waals surface area contributed by atoms with E-state index in [4.69, 9.17) is 9.15 Å². The number of rotatable bonds is 9. The predicted octanol–water partition coefficient (Wildman–Crippen LogP) is 3.47. The summed E-state index contributed by atoms with van der Waals surface area (Å²) >= 11 is 0. The van der Waals surface area contributed by atoms with Crippen molar-refractivity contribution >= 4 is 12.0 Å². The molecule has 0 aliphatic carbocycles. The van der Waals surface area contributed by atoms with E-state index >= 15 is 0 Å². The van der Waals surface area contributed by atoms with E-state index in [0.717, 1.165) is 16.1 Å². The number of alkyl carbamates (subject to hydrolysis) is 1. The second kappa shape index (κ2) is 11.2. The number of amides is 2. The van der Waals surface area contributed by atoms with Crippen LogP contribution in [0.5, 0.6) is 0 Å². The lowest BCUT2D eigenvalue weighted by atomic mass is 10.1. The van der Waals surface area contributed by atoms with Crippen LogP contribution in [-0.2, 0) is 29.1 Å². The summed E-state index contributed by atoms with van der Waals surface area (Å²) in [5.41, 5.74) is 1.69. The van der Waals surface area contributed by atoms with Gasteiger partial charge in [-0.2, -0.15) is 5.26 Å². The van der Waals surface area contributed by atoms with Gasteiger partial charge in [-0.3, -0.25) is 4.79 Å². The molecule has 0 saturated carbocycles. The Kier molecular flexibility index (Phi) is 7.87. The SMILES string of the molecule is CN(C(=O)[C@H](Cc1ccccc1)NC(=O)OCc1ccccc1)N(C#N)Cc1ccco1. The fourth-order valence-corrected chi connectivity index (χ4v) is 3.06. The summed E-state index contributed by atoms with van der Waals surface area (Å²) in [6, 6.07) is 21.0. The molecule has 164 valence electrons. The summed E-state index contributed by atoms with van der Waals surface area (Å²) in [5, 5.41) is 14.5. The molecule has 1 N–H and O–H groups in total. The van der Waals surface area contributed by atoms with Gasteiger partial charge in [0.25, 0.3) is 5.91 Å². The Morgan fingerprint density at radius 2 is 1.69 bits per heavy atom. The lowest BCUT2D eigenvalue weighted by Crippen LogP contribution is -2.52. The third kappa shape index (κ3) is 6.37. The van der Waals surface area contributed by atoms with Crippen molar-refractivity contribution in [2.45, 2.75) is 25.6 Å². The van der Waals surface area contributed by atoms with E-state index in [1.165, 1.54) is 18.3 Å². The van der Waals surface area contributed by atoms with Crippen molar-refractivity contribution in [1.29, 1.82) is 5.26 Å². The van der Waals surface area contributed by atoms with E-state index < -0.39 is 18.0 Å². The van der Waals surface area contributed by atoms with Gasteiger partial charge in [-0.05, 0) is 23.3 Å². The lowest BCUT2D eigenvalue weighted by Gasteiger charge is -2.30. The first-order valence-corrected chi connectivity index (χ1v) is 10.0. The van der Waals surface area contributed by atoms with Gasteiger partial charge in [-0.1, -0.05) is 60.7 Å². The van der Waals surface area contributed by atoms with E-state index in [-0.39, 0.29) is 19.6 Å². The van der Waals surface area contributed by atoms with Crippen molar-refractivity contribution in [2.24, 2.45) is 0 Å². The number of hydrazine groups is 1. The van der Waals surface area contributed by atoms with E-state index in [1.54, 1.807) is 12.1 Å². The minimum atomic E-state index is -0.932. The highest BCUT2D eigenvalue weighted by Crippen LogP contribution is 2.11. The number of carbonyl (C=O) groups excluding carboxylic acids is 2. The van der Waals surface area contributed by atoms with Crippen molar-refractivity contribution in [1.82, 2.24) is 15.3 Å². The van der Waals surface area contributed by atoms with Crippen LogP contribution < -0.4 is 5.32 Å². The maximum absolute atomic E-state index is 13.2. The van der Waals surface area contributed by atoms with Gasteiger partial charge in [0.1, 0.15) is 25.0 Å². The molecule has 0 aliphatic heterocycles. The zero-order valence-electron chi connectivity index (χ0n) is 17.7. The number of nitrogens with zero attached hydrogens (tertiary/aromatic N) is 3. The highest BCUT2D eigenvalue weighted by atomic mass is 16.5. The first-order valence-electron chi connectivity index (χ1n) is 10.0. The zero-order chi connectivity index (χ0) is 22.8. The molecule has 0 bridgehead atoms. The van der Waals surface area contributed by atoms with Gasteiger partial charge in [0.2, 0.25) is 6.19 Å². The smallest absolute Gasteiger partial charge is 0.408 e. The Morgan fingerprint density at radius 1 is 1.03 bits per heavy atom. The molecule has 1 heterocycles. The molecule has 0 spiro atoms. The number of nitriles is 1. The largest absolute Gasteiger partial charge is 0.467 e. The molecule has 32 heavy (non-hydrogen) atoms. The number of hydrogen-bond acceptors (Lipinski definition) is 6. The number of likely N-dealkylation sites (N-methyl/N-ethyl adjacent to an activating group) is 1. The average Bonchev–Trinajstić information content (AvgIpc) is 3.34. The van der Waals surface area contributed by atoms with Crippen LogP contribution >= 0.6 is 0 Å². The Morgan fingerprint density at radius 3 is 2.28 bits per heavy atom. The average molecular weight is 432 g/mol. The number of nitrogens with one attached hydrogen (secondary N) is 1. The monoisotopic (exact) mass is 432 g/mol.